The van der Waals surface area contributed by atoms with Crippen LogP contribution in [0.4, 0.5) is 0 Å². The SMILES string of the molecule is CN(C)CCOc1cccc2c1CNC2.COc1ccc(CN2Cc3cccc(OCCN(C)C)c3C2)c(OC)c1. The van der Waals surface area contributed by atoms with Crippen LogP contribution in [0.2, 0.25) is 0 Å². The maximum absolute atomic E-state index is 6.02. The highest BCUT2D eigenvalue weighted by atomic mass is 16.5. The van der Waals surface area contributed by atoms with E-state index in [1.54, 1.807) is 14.2 Å². The predicted octanol–water partition coefficient (Wildman–Crippen LogP) is 4.39. The van der Waals surface area contributed by atoms with Crippen molar-refractivity contribution < 1.29 is 18.9 Å². The molecule has 0 aliphatic carbocycles. The highest BCUT2D eigenvalue weighted by molar-refractivity contribution is 5.44. The molecule has 0 amide bonds. The Balaban J connectivity index is 0.000000218. The highest BCUT2D eigenvalue weighted by Crippen LogP contribution is 2.34. The summed E-state index contributed by atoms with van der Waals surface area (Å²) in [7, 11) is 11.6. The van der Waals surface area contributed by atoms with Crippen LogP contribution in [0.15, 0.2) is 54.6 Å². The second-order valence-corrected chi connectivity index (χ2v) is 11.0. The third-order valence-corrected chi connectivity index (χ3v) is 7.33. The molecule has 0 bridgehead atoms. The Hall–Kier alpha value is -3.30. The van der Waals surface area contributed by atoms with E-state index in [-0.39, 0.29) is 0 Å². The van der Waals surface area contributed by atoms with Gasteiger partial charge in [-0.2, -0.15) is 0 Å². The molecular weight excluding hydrogens is 516 g/mol. The molecule has 0 aromatic heterocycles. The molecule has 0 radical (unpaired) electrons. The van der Waals surface area contributed by atoms with Crippen LogP contribution in [-0.4, -0.2) is 83.4 Å². The average Bonchev–Trinajstić information content (AvgIpc) is 3.61. The molecule has 0 fully saturated rings. The lowest BCUT2D eigenvalue weighted by molar-refractivity contribution is 0.249. The molecule has 3 aromatic rings. The number of fused-ring (bicyclic) bond motifs is 2. The number of ether oxygens (including phenoxy) is 4. The molecule has 0 spiro atoms. The van der Waals surface area contributed by atoms with Crippen molar-refractivity contribution in [3.05, 3.63) is 82.4 Å². The highest BCUT2D eigenvalue weighted by Gasteiger charge is 2.23. The van der Waals surface area contributed by atoms with Gasteiger partial charge in [-0.3, -0.25) is 4.90 Å². The fourth-order valence-electron chi connectivity index (χ4n) is 5.04. The second kappa shape index (κ2) is 15.1. The molecule has 2 heterocycles. The molecule has 8 heteroatoms. The van der Waals surface area contributed by atoms with Gasteiger partial charge >= 0.3 is 0 Å². The van der Waals surface area contributed by atoms with Crippen LogP contribution in [-0.2, 0) is 32.7 Å². The fourth-order valence-corrected chi connectivity index (χ4v) is 5.04. The molecule has 41 heavy (non-hydrogen) atoms. The van der Waals surface area contributed by atoms with Gasteiger partial charge in [0.2, 0.25) is 0 Å². The van der Waals surface area contributed by atoms with Crippen LogP contribution in [0.5, 0.6) is 23.0 Å². The van der Waals surface area contributed by atoms with Gasteiger partial charge < -0.3 is 34.1 Å². The number of methoxy groups -OCH3 is 2. The largest absolute Gasteiger partial charge is 0.497 e. The molecule has 1 N–H and O–H groups in total. The van der Waals surface area contributed by atoms with Gasteiger partial charge in [-0.15, -0.1) is 0 Å². The van der Waals surface area contributed by atoms with E-state index in [1.807, 2.05) is 12.1 Å². The Morgan fingerprint density at radius 2 is 1.37 bits per heavy atom. The van der Waals surface area contributed by atoms with Gasteiger partial charge in [0.1, 0.15) is 36.2 Å². The van der Waals surface area contributed by atoms with Crippen LogP contribution in [0.25, 0.3) is 0 Å². The summed E-state index contributed by atoms with van der Waals surface area (Å²) in [6, 6.07) is 18.6. The van der Waals surface area contributed by atoms with Crippen LogP contribution in [0.1, 0.15) is 27.8 Å². The zero-order valence-electron chi connectivity index (χ0n) is 25.5. The van der Waals surface area contributed by atoms with Crippen LogP contribution >= 0.6 is 0 Å². The van der Waals surface area contributed by atoms with Crippen molar-refractivity contribution in [1.29, 1.82) is 0 Å². The molecular formula is C33H46N4O4. The first-order valence-corrected chi connectivity index (χ1v) is 14.3. The Bertz CT molecular complexity index is 1260. The van der Waals surface area contributed by atoms with Gasteiger partial charge in [0.25, 0.3) is 0 Å². The molecule has 8 nitrogen and oxygen atoms in total. The first-order valence-electron chi connectivity index (χ1n) is 14.3. The molecule has 5 rings (SSSR count). The maximum Gasteiger partial charge on any atom is 0.127 e. The molecule has 2 aliphatic heterocycles. The molecule has 3 aromatic carbocycles. The van der Waals surface area contributed by atoms with Crippen molar-refractivity contribution in [1.82, 2.24) is 20.0 Å². The van der Waals surface area contributed by atoms with Crippen LogP contribution in [0, 0.1) is 0 Å². The van der Waals surface area contributed by atoms with Crippen molar-refractivity contribution >= 4 is 0 Å². The number of hydrogen-bond donors (Lipinski definition) is 1. The summed E-state index contributed by atoms with van der Waals surface area (Å²) >= 11 is 0. The van der Waals surface area contributed by atoms with E-state index >= 15 is 0 Å². The van der Waals surface area contributed by atoms with Crippen molar-refractivity contribution in [3.8, 4) is 23.0 Å². The summed E-state index contributed by atoms with van der Waals surface area (Å²) in [4.78, 5) is 6.67. The van der Waals surface area contributed by atoms with E-state index in [0.717, 1.165) is 81.0 Å². The number of nitrogens with one attached hydrogen (secondary N) is 1. The third-order valence-electron chi connectivity index (χ3n) is 7.33. The Morgan fingerprint density at radius 3 is 2.00 bits per heavy atom. The molecule has 0 saturated carbocycles. The van der Waals surface area contributed by atoms with E-state index in [1.165, 1.54) is 22.3 Å². The molecule has 222 valence electrons. The fraction of sp³-hybridized carbons (Fsp3) is 0.455. The lowest BCUT2D eigenvalue weighted by atomic mass is 10.1. The number of likely N-dealkylation sites (N-methyl/N-ethyl adjacent to an activating group) is 2. The first kappa shape index (κ1) is 30.7. The Morgan fingerprint density at radius 1 is 0.707 bits per heavy atom. The smallest absolute Gasteiger partial charge is 0.127 e. The minimum absolute atomic E-state index is 0.704. The van der Waals surface area contributed by atoms with Crippen molar-refractivity contribution in [2.75, 3.05) is 68.7 Å². The number of hydrogen-bond acceptors (Lipinski definition) is 8. The van der Waals surface area contributed by atoms with Gasteiger partial charge in [-0.25, -0.2) is 0 Å². The van der Waals surface area contributed by atoms with Gasteiger partial charge in [-0.05, 0) is 57.5 Å². The topological polar surface area (TPSA) is 58.7 Å². The van der Waals surface area contributed by atoms with Crippen molar-refractivity contribution in [2.24, 2.45) is 0 Å². The normalized spacial score (nSPS) is 14.0. The summed E-state index contributed by atoms with van der Waals surface area (Å²) < 4.78 is 22.6. The summed E-state index contributed by atoms with van der Waals surface area (Å²) in [5, 5.41) is 3.34. The summed E-state index contributed by atoms with van der Waals surface area (Å²) in [6.07, 6.45) is 0. The number of rotatable bonds is 12. The van der Waals surface area contributed by atoms with E-state index in [2.05, 4.69) is 90.7 Å². The summed E-state index contributed by atoms with van der Waals surface area (Å²) in [5.74, 6) is 3.72. The van der Waals surface area contributed by atoms with E-state index < -0.39 is 0 Å². The van der Waals surface area contributed by atoms with E-state index in [9.17, 15) is 0 Å². The monoisotopic (exact) mass is 562 g/mol. The van der Waals surface area contributed by atoms with Crippen molar-refractivity contribution in [3.63, 3.8) is 0 Å². The Kier molecular flexibility index (Phi) is 11.3. The lowest BCUT2D eigenvalue weighted by Crippen LogP contribution is -2.20. The zero-order chi connectivity index (χ0) is 29.2. The molecule has 0 atom stereocenters. The summed E-state index contributed by atoms with van der Waals surface area (Å²) in [5.41, 5.74) is 6.52. The molecule has 0 saturated heterocycles. The van der Waals surface area contributed by atoms with Gasteiger partial charge in [0.05, 0.1) is 14.2 Å². The van der Waals surface area contributed by atoms with Gasteiger partial charge in [0.15, 0.2) is 0 Å². The lowest BCUT2D eigenvalue weighted by Gasteiger charge is -2.18. The number of nitrogens with zero attached hydrogens (tertiary/aromatic N) is 3. The first-order chi connectivity index (χ1) is 19.9. The molecule has 0 unspecified atom stereocenters. The van der Waals surface area contributed by atoms with E-state index in [4.69, 9.17) is 18.9 Å². The predicted molar refractivity (Wildman–Crippen MR) is 164 cm³/mol. The maximum atomic E-state index is 6.02. The number of benzene rings is 3. The van der Waals surface area contributed by atoms with E-state index in [0.29, 0.717) is 6.61 Å². The van der Waals surface area contributed by atoms with Gasteiger partial charge in [-0.1, -0.05) is 30.3 Å². The quantitative estimate of drug-likeness (QED) is 0.349. The summed E-state index contributed by atoms with van der Waals surface area (Å²) in [6.45, 7) is 7.89. The van der Waals surface area contributed by atoms with Crippen molar-refractivity contribution in [2.45, 2.75) is 32.7 Å². The third kappa shape index (κ3) is 8.60. The van der Waals surface area contributed by atoms with Crippen LogP contribution < -0.4 is 24.3 Å². The average molecular weight is 563 g/mol. The van der Waals surface area contributed by atoms with Gasteiger partial charge in [0, 0.05) is 68.6 Å². The standard InChI is InChI=1S/C21H28N2O3.C12H18N2O/c1-22(2)10-11-26-20-7-5-6-16-13-23(15-19(16)20)14-17-8-9-18(24-3)12-21(17)25-4;1-14(2)6-7-15-12-5-3-4-10-8-13-9-11(10)12/h5-9,12H,10-11,13-15H2,1-4H3;3-5,13H,6-9H2,1-2H3. The minimum atomic E-state index is 0.704. The van der Waals surface area contributed by atoms with Crippen LogP contribution in [0.3, 0.4) is 0 Å². The zero-order valence-corrected chi connectivity index (χ0v) is 25.5. The molecule has 2 aliphatic rings. The minimum Gasteiger partial charge on any atom is -0.497 e. The Labute approximate surface area is 245 Å². The second-order valence-electron chi connectivity index (χ2n) is 11.0.